The smallest absolute Gasteiger partial charge is 0.313 e. The second kappa shape index (κ2) is 20.2. The first-order valence-corrected chi connectivity index (χ1v) is 14.4. The number of nitrogens with zero attached hydrogens (tertiary/aromatic N) is 1. The van der Waals surface area contributed by atoms with E-state index >= 15 is 0 Å². The Balaban J connectivity index is 1.45. The van der Waals surface area contributed by atoms with Gasteiger partial charge in [-0.3, -0.25) is 14.5 Å². The van der Waals surface area contributed by atoms with Gasteiger partial charge in [0.1, 0.15) is 25.6 Å². The van der Waals surface area contributed by atoms with Crippen molar-refractivity contribution in [2.75, 3.05) is 46.1 Å². The summed E-state index contributed by atoms with van der Waals surface area (Å²) in [6.07, 6.45) is 20.8. The fourth-order valence-electron chi connectivity index (χ4n) is 4.47. The third kappa shape index (κ3) is 14.0. The average molecular weight is 508 g/mol. The Morgan fingerprint density at radius 3 is 2.00 bits per heavy atom. The van der Waals surface area contributed by atoms with Crippen LogP contribution in [0.4, 0.5) is 0 Å². The zero-order chi connectivity index (χ0) is 25.7. The molecule has 1 aromatic rings. The average Bonchev–Trinajstić information content (AvgIpc) is 3.36. The molecule has 1 fully saturated rings. The van der Waals surface area contributed by atoms with E-state index < -0.39 is 5.97 Å². The van der Waals surface area contributed by atoms with E-state index in [9.17, 15) is 9.59 Å². The molecule has 2 heterocycles. The van der Waals surface area contributed by atoms with Crippen LogP contribution in [0.1, 0.15) is 114 Å². The molecule has 0 aromatic carbocycles. The topological polar surface area (TPSA) is 78.2 Å². The SMILES string of the molecule is CCCCCCCCCCCCCCCCOc1cocc1C(=O)CC(=O)OCCN1CCOCC1. The molecular formula is C29H49NO6. The first kappa shape index (κ1) is 30.4. The normalized spacial score (nSPS) is 14.1. The summed E-state index contributed by atoms with van der Waals surface area (Å²) in [7, 11) is 0. The van der Waals surface area contributed by atoms with Crippen LogP contribution < -0.4 is 4.74 Å². The predicted molar refractivity (Wildman–Crippen MR) is 142 cm³/mol. The third-order valence-electron chi connectivity index (χ3n) is 6.76. The lowest BCUT2D eigenvalue weighted by molar-refractivity contribution is -0.143. The zero-order valence-electron chi connectivity index (χ0n) is 22.6. The molecule has 1 aliphatic rings. The molecular weight excluding hydrogens is 458 g/mol. The van der Waals surface area contributed by atoms with Crippen LogP contribution in [-0.2, 0) is 14.3 Å². The summed E-state index contributed by atoms with van der Waals surface area (Å²) < 4.78 is 21.5. The summed E-state index contributed by atoms with van der Waals surface area (Å²) in [6, 6.07) is 0. The van der Waals surface area contributed by atoms with Crippen molar-refractivity contribution in [2.45, 2.75) is 103 Å². The van der Waals surface area contributed by atoms with E-state index in [1.807, 2.05) is 0 Å². The van der Waals surface area contributed by atoms with E-state index in [-0.39, 0.29) is 18.8 Å². The minimum atomic E-state index is -0.521. The lowest BCUT2D eigenvalue weighted by atomic mass is 10.0. The van der Waals surface area contributed by atoms with E-state index in [0.29, 0.717) is 37.7 Å². The minimum absolute atomic E-state index is 0.278. The number of ether oxygens (including phenoxy) is 3. The second-order valence-corrected chi connectivity index (χ2v) is 9.87. The van der Waals surface area contributed by atoms with Gasteiger partial charge in [0.15, 0.2) is 11.5 Å². The number of ketones is 1. The summed E-state index contributed by atoms with van der Waals surface area (Å²) in [5.74, 6) is -0.445. The zero-order valence-corrected chi connectivity index (χ0v) is 22.6. The Morgan fingerprint density at radius 1 is 0.806 bits per heavy atom. The Labute approximate surface area is 218 Å². The molecule has 2 rings (SSSR count). The van der Waals surface area contributed by atoms with Gasteiger partial charge in [-0.15, -0.1) is 0 Å². The third-order valence-corrected chi connectivity index (χ3v) is 6.76. The number of Topliss-reactive ketones (excluding diaryl/α,β-unsaturated/α-hetero) is 1. The highest BCUT2D eigenvalue weighted by Crippen LogP contribution is 2.22. The maximum absolute atomic E-state index is 12.5. The molecule has 0 bridgehead atoms. The highest BCUT2D eigenvalue weighted by Gasteiger charge is 2.20. The van der Waals surface area contributed by atoms with Gasteiger partial charge >= 0.3 is 5.97 Å². The van der Waals surface area contributed by atoms with E-state index in [4.69, 9.17) is 18.6 Å². The Morgan fingerprint density at radius 2 is 1.39 bits per heavy atom. The van der Waals surface area contributed by atoms with E-state index in [2.05, 4.69) is 11.8 Å². The van der Waals surface area contributed by atoms with Crippen molar-refractivity contribution in [3.63, 3.8) is 0 Å². The first-order chi connectivity index (χ1) is 17.7. The van der Waals surface area contributed by atoms with Crippen molar-refractivity contribution in [1.29, 1.82) is 0 Å². The molecule has 7 heteroatoms. The van der Waals surface area contributed by atoms with E-state index in [1.165, 1.54) is 89.6 Å². The first-order valence-electron chi connectivity index (χ1n) is 14.4. The summed E-state index contributed by atoms with van der Waals surface area (Å²) in [5.41, 5.74) is 0.311. The summed E-state index contributed by atoms with van der Waals surface area (Å²) >= 11 is 0. The van der Waals surface area contributed by atoms with Crippen molar-refractivity contribution in [2.24, 2.45) is 0 Å². The molecule has 0 amide bonds. The molecule has 206 valence electrons. The van der Waals surface area contributed by atoms with Gasteiger partial charge in [-0.05, 0) is 6.42 Å². The van der Waals surface area contributed by atoms with Crippen LogP contribution in [0, 0.1) is 0 Å². The Kier molecular flexibility index (Phi) is 17.1. The van der Waals surface area contributed by atoms with Crippen LogP contribution in [0.25, 0.3) is 0 Å². The number of rotatable bonds is 22. The van der Waals surface area contributed by atoms with Crippen LogP contribution in [0.15, 0.2) is 16.9 Å². The van der Waals surface area contributed by atoms with Crippen molar-refractivity contribution in [1.82, 2.24) is 4.90 Å². The molecule has 1 aliphatic heterocycles. The quantitative estimate of drug-likeness (QED) is 0.0758. The maximum Gasteiger partial charge on any atom is 0.313 e. The molecule has 7 nitrogen and oxygen atoms in total. The lowest BCUT2D eigenvalue weighted by Gasteiger charge is -2.26. The number of hydrogen-bond donors (Lipinski definition) is 0. The van der Waals surface area contributed by atoms with Gasteiger partial charge < -0.3 is 18.6 Å². The van der Waals surface area contributed by atoms with Crippen molar-refractivity contribution < 1.29 is 28.2 Å². The van der Waals surface area contributed by atoms with Crippen LogP contribution >= 0.6 is 0 Å². The van der Waals surface area contributed by atoms with Crippen molar-refractivity contribution in [3.05, 3.63) is 18.1 Å². The maximum atomic E-state index is 12.5. The van der Waals surface area contributed by atoms with Crippen molar-refractivity contribution >= 4 is 11.8 Å². The molecule has 0 spiro atoms. The number of carbonyl (C=O) groups is 2. The Bertz CT molecular complexity index is 698. The highest BCUT2D eigenvalue weighted by molar-refractivity contribution is 6.07. The van der Waals surface area contributed by atoms with Crippen LogP contribution in [0.5, 0.6) is 5.75 Å². The fraction of sp³-hybridized carbons (Fsp3) is 0.793. The summed E-state index contributed by atoms with van der Waals surface area (Å²) in [4.78, 5) is 26.7. The molecule has 36 heavy (non-hydrogen) atoms. The van der Waals surface area contributed by atoms with Crippen LogP contribution in [-0.4, -0.2) is 62.7 Å². The largest absolute Gasteiger partial charge is 0.489 e. The van der Waals surface area contributed by atoms with E-state index in [0.717, 1.165) is 25.9 Å². The van der Waals surface area contributed by atoms with Gasteiger partial charge in [0.2, 0.25) is 0 Å². The van der Waals surface area contributed by atoms with Crippen molar-refractivity contribution in [3.8, 4) is 5.75 Å². The molecule has 0 saturated carbocycles. The number of esters is 1. The number of hydrogen-bond acceptors (Lipinski definition) is 7. The van der Waals surface area contributed by atoms with Gasteiger partial charge in [0, 0.05) is 19.6 Å². The fourth-order valence-corrected chi connectivity index (χ4v) is 4.47. The molecule has 0 N–H and O–H groups in total. The number of furan rings is 1. The number of carbonyl (C=O) groups excluding carboxylic acids is 2. The van der Waals surface area contributed by atoms with E-state index in [1.54, 1.807) is 0 Å². The molecule has 0 atom stereocenters. The molecule has 1 saturated heterocycles. The molecule has 0 unspecified atom stereocenters. The molecule has 0 aliphatic carbocycles. The van der Waals surface area contributed by atoms with Crippen LogP contribution in [0.3, 0.4) is 0 Å². The van der Waals surface area contributed by atoms with Gasteiger partial charge in [0.25, 0.3) is 0 Å². The summed E-state index contributed by atoms with van der Waals surface area (Å²) in [6.45, 7) is 6.83. The predicted octanol–water partition coefficient (Wildman–Crippen LogP) is 6.59. The molecule has 1 aromatic heterocycles. The highest BCUT2D eigenvalue weighted by atomic mass is 16.5. The monoisotopic (exact) mass is 507 g/mol. The number of morpholine rings is 1. The standard InChI is InChI=1S/C29H49NO6/c1-2-3-4-5-6-7-8-9-10-11-12-13-14-15-19-35-28-25-34-24-26(28)27(31)23-29(32)36-22-18-30-16-20-33-21-17-30/h24-25H,2-23H2,1H3. The minimum Gasteiger partial charge on any atom is -0.489 e. The van der Waals surface area contributed by atoms with Gasteiger partial charge in [-0.25, -0.2) is 0 Å². The van der Waals surface area contributed by atoms with Crippen LogP contribution in [0.2, 0.25) is 0 Å². The lowest BCUT2D eigenvalue weighted by Crippen LogP contribution is -2.38. The molecule has 0 radical (unpaired) electrons. The summed E-state index contributed by atoms with van der Waals surface area (Å²) in [5, 5.41) is 0. The number of unbranched alkanes of at least 4 members (excludes halogenated alkanes) is 13. The Hall–Kier alpha value is -1.86. The van der Waals surface area contributed by atoms with Gasteiger partial charge in [0.05, 0.1) is 25.4 Å². The second-order valence-electron chi connectivity index (χ2n) is 9.87. The van der Waals surface area contributed by atoms with Gasteiger partial charge in [-0.2, -0.15) is 0 Å². The van der Waals surface area contributed by atoms with Gasteiger partial charge in [-0.1, -0.05) is 90.4 Å².